The Morgan fingerprint density at radius 3 is 2.42 bits per heavy atom. The lowest BCUT2D eigenvalue weighted by Gasteiger charge is -2.27. The maximum atomic E-state index is 14.0. The standard InChI is InChI=1S/C27H27BrN4O/c28-23-17-21(15-16-24(23)29)32-25-14-8-7-13-22(25)26(20-11-5-2-6-12-20)30-31(27(32)33)18-19-9-3-1-4-10-19/h1,3-4,7-10,13-17,20H,2,5-6,11-12,18,29H2. The number of para-hydroxylation sites is 1. The molecule has 0 radical (unpaired) electrons. The third kappa shape index (κ3) is 4.40. The van der Waals surface area contributed by atoms with Crippen molar-refractivity contribution in [1.82, 2.24) is 5.01 Å². The van der Waals surface area contributed by atoms with Gasteiger partial charge >= 0.3 is 6.03 Å². The van der Waals surface area contributed by atoms with Crippen LogP contribution in [0.5, 0.6) is 0 Å². The van der Waals surface area contributed by atoms with Gasteiger partial charge in [0.1, 0.15) is 0 Å². The first kappa shape index (κ1) is 21.7. The van der Waals surface area contributed by atoms with Gasteiger partial charge in [-0.05, 0) is 58.6 Å². The number of benzene rings is 3. The number of urea groups is 1. The maximum absolute atomic E-state index is 14.0. The lowest BCUT2D eigenvalue weighted by Crippen LogP contribution is -2.36. The van der Waals surface area contributed by atoms with E-state index in [9.17, 15) is 4.79 Å². The van der Waals surface area contributed by atoms with Crippen LogP contribution >= 0.6 is 15.9 Å². The number of rotatable bonds is 4. The molecule has 0 aromatic heterocycles. The van der Waals surface area contributed by atoms with Crippen LogP contribution in [0.2, 0.25) is 0 Å². The number of nitrogens with two attached hydrogens (primary N) is 1. The molecule has 1 saturated carbocycles. The van der Waals surface area contributed by atoms with E-state index in [-0.39, 0.29) is 6.03 Å². The fraction of sp³-hybridized carbons (Fsp3) is 0.259. The molecule has 0 bridgehead atoms. The van der Waals surface area contributed by atoms with Gasteiger partial charge in [-0.15, -0.1) is 0 Å². The molecule has 1 aliphatic heterocycles. The Balaban J connectivity index is 1.66. The smallest absolute Gasteiger partial charge is 0.349 e. The van der Waals surface area contributed by atoms with E-state index in [1.807, 2.05) is 66.7 Å². The Bertz CT molecular complexity index is 1190. The molecule has 2 aliphatic rings. The number of hydrogen-bond acceptors (Lipinski definition) is 3. The highest BCUT2D eigenvalue weighted by molar-refractivity contribution is 9.10. The van der Waals surface area contributed by atoms with Crippen molar-refractivity contribution in [2.45, 2.75) is 38.6 Å². The highest BCUT2D eigenvalue weighted by Gasteiger charge is 2.34. The van der Waals surface area contributed by atoms with Gasteiger partial charge in [-0.1, -0.05) is 67.8 Å². The Kier molecular flexibility index (Phi) is 6.18. The van der Waals surface area contributed by atoms with E-state index in [0.29, 0.717) is 18.2 Å². The molecule has 3 aromatic rings. The summed E-state index contributed by atoms with van der Waals surface area (Å²) >= 11 is 3.53. The van der Waals surface area contributed by atoms with Crippen molar-refractivity contribution in [3.8, 4) is 0 Å². The molecule has 0 saturated heterocycles. The maximum Gasteiger partial charge on any atom is 0.349 e. The van der Waals surface area contributed by atoms with Crippen molar-refractivity contribution in [3.63, 3.8) is 0 Å². The van der Waals surface area contributed by atoms with Crippen LogP contribution < -0.4 is 10.6 Å². The van der Waals surface area contributed by atoms with Gasteiger partial charge in [0.25, 0.3) is 0 Å². The molecule has 0 spiro atoms. The monoisotopic (exact) mass is 502 g/mol. The quantitative estimate of drug-likeness (QED) is 0.387. The minimum atomic E-state index is -0.172. The zero-order valence-electron chi connectivity index (χ0n) is 18.5. The number of amides is 2. The van der Waals surface area contributed by atoms with Crippen LogP contribution in [0.25, 0.3) is 0 Å². The molecule has 5 rings (SSSR count). The van der Waals surface area contributed by atoms with Gasteiger partial charge in [0.15, 0.2) is 0 Å². The summed E-state index contributed by atoms with van der Waals surface area (Å²) < 4.78 is 0.762. The van der Waals surface area contributed by atoms with Crippen molar-refractivity contribution in [2.75, 3.05) is 10.6 Å². The molecule has 6 heteroatoms. The molecule has 1 aliphatic carbocycles. The van der Waals surface area contributed by atoms with Crippen LogP contribution in [-0.4, -0.2) is 16.8 Å². The number of fused-ring (bicyclic) bond motifs is 1. The second-order valence-electron chi connectivity index (χ2n) is 8.70. The number of halogens is 1. The Morgan fingerprint density at radius 1 is 0.939 bits per heavy atom. The van der Waals surface area contributed by atoms with Gasteiger partial charge in [0.05, 0.1) is 23.6 Å². The van der Waals surface area contributed by atoms with E-state index in [4.69, 9.17) is 10.8 Å². The minimum absolute atomic E-state index is 0.172. The number of anilines is 3. The van der Waals surface area contributed by atoms with E-state index < -0.39 is 0 Å². The predicted octanol–water partition coefficient (Wildman–Crippen LogP) is 7.09. The zero-order valence-corrected chi connectivity index (χ0v) is 20.0. The lowest BCUT2D eigenvalue weighted by molar-refractivity contribution is 0.207. The van der Waals surface area contributed by atoms with Gasteiger partial charge in [0.2, 0.25) is 0 Å². The molecule has 5 nitrogen and oxygen atoms in total. The molecule has 33 heavy (non-hydrogen) atoms. The highest BCUT2D eigenvalue weighted by Crippen LogP contribution is 2.39. The van der Waals surface area contributed by atoms with Crippen molar-refractivity contribution in [3.05, 3.63) is 88.4 Å². The molecule has 168 valence electrons. The first-order valence-corrected chi connectivity index (χ1v) is 12.3. The van der Waals surface area contributed by atoms with Crippen molar-refractivity contribution < 1.29 is 4.79 Å². The molecular formula is C27H27BrN4O. The lowest BCUT2D eigenvalue weighted by atomic mass is 9.83. The largest absolute Gasteiger partial charge is 0.398 e. The minimum Gasteiger partial charge on any atom is -0.398 e. The summed E-state index contributed by atoms with van der Waals surface area (Å²) in [5.41, 5.74) is 11.4. The van der Waals surface area contributed by atoms with Gasteiger partial charge in [-0.25, -0.2) is 9.80 Å². The molecule has 1 heterocycles. The SMILES string of the molecule is Nc1ccc(N2C(=O)N(Cc3ccccc3)N=C(C3CCCCC3)c3ccccc32)cc1Br. The second-order valence-corrected chi connectivity index (χ2v) is 9.56. The van der Waals surface area contributed by atoms with E-state index in [1.165, 1.54) is 19.3 Å². The number of carbonyl (C=O) groups excluding carboxylic acids is 1. The average molecular weight is 503 g/mol. The number of nitrogens with zero attached hydrogens (tertiary/aromatic N) is 3. The van der Waals surface area contributed by atoms with E-state index in [0.717, 1.165) is 45.5 Å². The number of nitrogen functional groups attached to an aromatic ring is 1. The Labute approximate surface area is 203 Å². The molecule has 0 unspecified atom stereocenters. The summed E-state index contributed by atoms with van der Waals surface area (Å²) in [5, 5.41) is 6.68. The summed E-state index contributed by atoms with van der Waals surface area (Å²) in [6.45, 7) is 0.413. The number of hydrogen-bond donors (Lipinski definition) is 1. The van der Waals surface area contributed by atoms with Crippen molar-refractivity contribution >= 4 is 44.7 Å². The number of carbonyl (C=O) groups is 1. The summed E-state index contributed by atoms with van der Waals surface area (Å²) in [7, 11) is 0. The Morgan fingerprint density at radius 2 is 1.67 bits per heavy atom. The van der Waals surface area contributed by atoms with Gasteiger partial charge in [-0.3, -0.25) is 4.90 Å². The van der Waals surface area contributed by atoms with Crippen LogP contribution in [0.15, 0.2) is 82.4 Å². The van der Waals surface area contributed by atoms with Crippen molar-refractivity contribution in [1.29, 1.82) is 0 Å². The topological polar surface area (TPSA) is 61.9 Å². The molecule has 0 atom stereocenters. The third-order valence-corrected chi connectivity index (χ3v) is 7.16. The summed E-state index contributed by atoms with van der Waals surface area (Å²) in [6, 6.07) is 23.6. The van der Waals surface area contributed by atoms with E-state index >= 15 is 0 Å². The fourth-order valence-corrected chi connectivity index (χ4v) is 5.14. The average Bonchev–Trinajstić information content (AvgIpc) is 2.97. The van der Waals surface area contributed by atoms with Crippen LogP contribution in [0.1, 0.15) is 43.2 Å². The van der Waals surface area contributed by atoms with E-state index in [2.05, 4.69) is 22.0 Å². The number of hydrazone groups is 1. The molecule has 2 amide bonds. The predicted molar refractivity (Wildman–Crippen MR) is 138 cm³/mol. The molecule has 2 N–H and O–H groups in total. The first-order valence-electron chi connectivity index (χ1n) is 11.5. The molecule has 3 aromatic carbocycles. The van der Waals surface area contributed by atoms with Gasteiger partial charge < -0.3 is 5.73 Å². The second kappa shape index (κ2) is 9.40. The molecular weight excluding hydrogens is 476 g/mol. The summed E-state index contributed by atoms with van der Waals surface area (Å²) in [5.74, 6) is 0.351. The first-order chi connectivity index (χ1) is 16.1. The van der Waals surface area contributed by atoms with Crippen LogP contribution in [0, 0.1) is 5.92 Å². The summed E-state index contributed by atoms with van der Waals surface area (Å²) in [6.07, 6.45) is 5.88. The molecule has 1 fully saturated rings. The van der Waals surface area contributed by atoms with Crippen LogP contribution in [0.4, 0.5) is 21.9 Å². The van der Waals surface area contributed by atoms with Gasteiger partial charge in [0, 0.05) is 21.6 Å². The van der Waals surface area contributed by atoms with Gasteiger partial charge in [-0.2, -0.15) is 5.10 Å². The fourth-order valence-electron chi connectivity index (χ4n) is 4.77. The zero-order chi connectivity index (χ0) is 22.8. The Hall–Kier alpha value is -3.12. The van der Waals surface area contributed by atoms with Crippen LogP contribution in [-0.2, 0) is 6.54 Å². The van der Waals surface area contributed by atoms with Crippen LogP contribution in [0.3, 0.4) is 0 Å². The highest BCUT2D eigenvalue weighted by atomic mass is 79.9. The van der Waals surface area contributed by atoms with Crippen molar-refractivity contribution in [2.24, 2.45) is 11.0 Å². The third-order valence-electron chi connectivity index (χ3n) is 6.47. The summed E-state index contributed by atoms with van der Waals surface area (Å²) in [4.78, 5) is 15.8. The van der Waals surface area contributed by atoms with E-state index in [1.54, 1.807) is 9.91 Å². The normalized spacial score (nSPS) is 16.9.